The molecule has 0 saturated heterocycles. The maximum atomic E-state index is 12.5. The standard InChI is InChI=1S/C22H28BrNO3/c1-4-5-6-7-14-26-19-11-9-18(10-12-19)24-22(25)17-8-13-21(20(23)15-17)27-16(2)3/h8-13,15-16H,4-7,14H2,1-3H3,(H,24,25). The Morgan fingerprint density at radius 2 is 1.81 bits per heavy atom. The van der Waals surface area contributed by atoms with E-state index in [1.54, 1.807) is 18.2 Å². The molecule has 0 unspecified atom stereocenters. The van der Waals surface area contributed by atoms with Crippen molar-refractivity contribution in [3.8, 4) is 11.5 Å². The summed E-state index contributed by atoms with van der Waals surface area (Å²) in [5.41, 5.74) is 1.30. The molecule has 0 spiro atoms. The van der Waals surface area contributed by atoms with E-state index in [-0.39, 0.29) is 12.0 Å². The summed E-state index contributed by atoms with van der Waals surface area (Å²) in [7, 11) is 0. The topological polar surface area (TPSA) is 47.6 Å². The van der Waals surface area contributed by atoms with Gasteiger partial charge in [-0.25, -0.2) is 0 Å². The van der Waals surface area contributed by atoms with Crippen LogP contribution in [0.4, 0.5) is 5.69 Å². The molecule has 0 aliphatic carbocycles. The van der Waals surface area contributed by atoms with Gasteiger partial charge in [0.05, 0.1) is 17.2 Å². The summed E-state index contributed by atoms with van der Waals surface area (Å²) < 4.78 is 12.2. The Kier molecular flexibility index (Phi) is 8.65. The van der Waals surface area contributed by atoms with E-state index < -0.39 is 0 Å². The molecule has 0 atom stereocenters. The first-order chi connectivity index (χ1) is 13.0. The van der Waals surface area contributed by atoms with Crippen LogP contribution < -0.4 is 14.8 Å². The fourth-order valence-electron chi connectivity index (χ4n) is 2.55. The smallest absolute Gasteiger partial charge is 0.255 e. The molecule has 146 valence electrons. The lowest BCUT2D eigenvalue weighted by atomic mass is 10.2. The first-order valence-corrected chi connectivity index (χ1v) is 10.3. The van der Waals surface area contributed by atoms with Gasteiger partial charge in [-0.05, 0) is 78.7 Å². The van der Waals surface area contributed by atoms with Crippen LogP contribution in [0, 0.1) is 0 Å². The number of hydrogen-bond donors (Lipinski definition) is 1. The van der Waals surface area contributed by atoms with Crippen LogP contribution in [-0.4, -0.2) is 18.6 Å². The van der Waals surface area contributed by atoms with Crippen molar-refractivity contribution in [1.29, 1.82) is 0 Å². The summed E-state index contributed by atoms with van der Waals surface area (Å²) in [6.45, 7) is 6.85. The zero-order valence-electron chi connectivity index (χ0n) is 16.3. The van der Waals surface area contributed by atoms with E-state index in [4.69, 9.17) is 9.47 Å². The third-order valence-corrected chi connectivity index (χ3v) is 4.56. The largest absolute Gasteiger partial charge is 0.494 e. The van der Waals surface area contributed by atoms with E-state index in [0.29, 0.717) is 5.56 Å². The van der Waals surface area contributed by atoms with E-state index in [0.717, 1.165) is 34.7 Å². The number of nitrogens with one attached hydrogen (secondary N) is 1. The zero-order valence-corrected chi connectivity index (χ0v) is 17.8. The summed E-state index contributed by atoms with van der Waals surface area (Å²) in [6.07, 6.45) is 4.81. The maximum absolute atomic E-state index is 12.5. The Hall–Kier alpha value is -2.01. The normalized spacial score (nSPS) is 10.7. The van der Waals surface area contributed by atoms with Crippen LogP contribution in [-0.2, 0) is 0 Å². The lowest BCUT2D eigenvalue weighted by molar-refractivity contribution is 0.102. The molecule has 27 heavy (non-hydrogen) atoms. The summed E-state index contributed by atoms with van der Waals surface area (Å²) in [5.74, 6) is 1.38. The fraction of sp³-hybridized carbons (Fsp3) is 0.409. The van der Waals surface area contributed by atoms with Crippen LogP contribution in [0.2, 0.25) is 0 Å². The molecule has 0 aromatic heterocycles. The molecular weight excluding hydrogens is 406 g/mol. The highest BCUT2D eigenvalue weighted by molar-refractivity contribution is 9.10. The SMILES string of the molecule is CCCCCCOc1ccc(NC(=O)c2ccc(OC(C)C)c(Br)c2)cc1. The van der Waals surface area contributed by atoms with Gasteiger partial charge in [0.1, 0.15) is 11.5 Å². The van der Waals surface area contributed by atoms with Crippen molar-refractivity contribution in [2.45, 2.75) is 52.6 Å². The van der Waals surface area contributed by atoms with Crippen LogP contribution in [0.15, 0.2) is 46.9 Å². The monoisotopic (exact) mass is 433 g/mol. The number of carbonyl (C=O) groups is 1. The van der Waals surface area contributed by atoms with Crippen LogP contribution >= 0.6 is 15.9 Å². The predicted octanol–water partition coefficient (Wildman–Crippen LogP) is 6.45. The number of rotatable bonds is 10. The van der Waals surface area contributed by atoms with Crippen LogP contribution in [0.5, 0.6) is 11.5 Å². The Morgan fingerprint density at radius 3 is 2.44 bits per heavy atom. The molecule has 0 aliphatic rings. The summed E-state index contributed by atoms with van der Waals surface area (Å²) in [5, 5.41) is 2.90. The molecule has 0 saturated carbocycles. The minimum atomic E-state index is -0.167. The number of ether oxygens (including phenoxy) is 2. The van der Waals surface area contributed by atoms with Gasteiger partial charge in [-0.2, -0.15) is 0 Å². The van der Waals surface area contributed by atoms with Gasteiger partial charge in [0.2, 0.25) is 0 Å². The Labute approximate surface area is 170 Å². The number of halogens is 1. The molecule has 0 aliphatic heterocycles. The van der Waals surface area contributed by atoms with Crippen molar-refractivity contribution < 1.29 is 14.3 Å². The minimum Gasteiger partial charge on any atom is -0.494 e. The average Bonchev–Trinajstić information content (AvgIpc) is 2.64. The van der Waals surface area contributed by atoms with Gasteiger partial charge in [-0.15, -0.1) is 0 Å². The van der Waals surface area contributed by atoms with Gasteiger partial charge in [-0.3, -0.25) is 4.79 Å². The Balaban J connectivity index is 1.89. The third kappa shape index (κ3) is 7.25. The number of hydrogen-bond acceptors (Lipinski definition) is 3. The van der Waals surface area contributed by atoms with Crippen molar-refractivity contribution in [2.75, 3.05) is 11.9 Å². The van der Waals surface area contributed by atoms with Gasteiger partial charge < -0.3 is 14.8 Å². The lowest BCUT2D eigenvalue weighted by Gasteiger charge is -2.13. The molecule has 1 N–H and O–H groups in total. The van der Waals surface area contributed by atoms with Crippen molar-refractivity contribution in [1.82, 2.24) is 0 Å². The summed E-state index contributed by atoms with van der Waals surface area (Å²) >= 11 is 3.46. The molecule has 0 radical (unpaired) electrons. The van der Waals surface area contributed by atoms with E-state index >= 15 is 0 Å². The maximum Gasteiger partial charge on any atom is 0.255 e. The van der Waals surface area contributed by atoms with Gasteiger partial charge in [0.25, 0.3) is 5.91 Å². The van der Waals surface area contributed by atoms with Crippen molar-refractivity contribution in [2.24, 2.45) is 0 Å². The molecular formula is C22H28BrNO3. The first kappa shape index (κ1) is 21.3. The van der Waals surface area contributed by atoms with E-state index in [2.05, 4.69) is 28.2 Å². The number of benzene rings is 2. The molecule has 4 nitrogen and oxygen atoms in total. The second-order valence-corrected chi connectivity index (χ2v) is 7.55. The molecule has 0 fully saturated rings. The van der Waals surface area contributed by atoms with Gasteiger partial charge in [-0.1, -0.05) is 26.2 Å². The van der Waals surface area contributed by atoms with Crippen molar-refractivity contribution >= 4 is 27.5 Å². The number of amides is 1. The Morgan fingerprint density at radius 1 is 1.07 bits per heavy atom. The highest BCUT2D eigenvalue weighted by Crippen LogP contribution is 2.27. The number of unbranched alkanes of at least 4 members (excludes halogenated alkanes) is 3. The lowest BCUT2D eigenvalue weighted by Crippen LogP contribution is -2.12. The molecule has 1 amide bonds. The Bertz CT molecular complexity index is 729. The summed E-state index contributed by atoms with van der Waals surface area (Å²) in [4.78, 5) is 12.5. The predicted molar refractivity (Wildman–Crippen MR) is 114 cm³/mol. The highest BCUT2D eigenvalue weighted by atomic mass is 79.9. The molecule has 5 heteroatoms. The average molecular weight is 434 g/mol. The van der Waals surface area contributed by atoms with Crippen molar-refractivity contribution in [3.05, 3.63) is 52.5 Å². The zero-order chi connectivity index (χ0) is 19.6. The van der Waals surface area contributed by atoms with Gasteiger partial charge >= 0.3 is 0 Å². The van der Waals surface area contributed by atoms with E-state index in [9.17, 15) is 4.79 Å². The quantitative estimate of drug-likeness (QED) is 0.438. The second-order valence-electron chi connectivity index (χ2n) is 6.70. The third-order valence-electron chi connectivity index (χ3n) is 3.94. The van der Waals surface area contributed by atoms with E-state index in [1.165, 1.54) is 19.3 Å². The molecule has 0 heterocycles. The molecule has 0 bridgehead atoms. The minimum absolute atomic E-state index is 0.0772. The van der Waals surface area contributed by atoms with Crippen LogP contribution in [0.25, 0.3) is 0 Å². The highest BCUT2D eigenvalue weighted by Gasteiger charge is 2.10. The molecule has 2 aromatic rings. The van der Waals surface area contributed by atoms with Crippen molar-refractivity contribution in [3.63, 3.8) is 0 Å². The van der Waals surface area contributed by atoms with Crippen LogP contribution in [0.1, 0.15) is 56.8 Å². The molecule has 2 aromatic carbocycles. The van der Waals surface area contributed by atoms with Gasteiger partial charge in [0.15, 0.2) is 0 Å². The summed E-state index contributed by atoms with van der Waals surface area (Å²) in [6, 6.07) is 12.8. The number of carbonyl (C=O) groups excluding carboxylic acids is 1. The number of anilines is 1. The molecule has 2 rings (SSSR count). The second kappa shape index (κ2) is 11.0. The van der Waals surface area contributed by atoms with E-state index in [1.807, 2.05) is 38.1 Å². The first-order valence-electron chi connectivity index (χ1n) is 9.50. The fourth-order valence-corrected chi connectivity index (χ4v) is 3.02. The van der Waals surface area contributed by atoms with Crippen LogP contribution in [0.3, 0.4) is 0 Å². The van der Waals surface area contributed by atoms with Gasteiger partial charge in [0, 0.05) is 11.3 Å².